The van der Waals surface area contributed by atoms with E-state index in [0.29, 0.717) is 11.6 Å². The van der Waals surface area contributed by atoms with E-state index in [1.807, 2.05) is 49.4 Å². The SMILES string of the molecule is Cc1ccc(NC(=O)CS[C@H](C)C(=O)NCc2cccc(Cl)c2)cc1. The highest BCUT2D eigenvalue weighted by molar-refractivity contribution is 8.01. The molecular weight excluding hydrogens is 356 g/mol. The molecule has 2 rings (SSSR count). The van der Waals surface area contributed by atoms with Gasteiger partial charge in [0.25, 0.3) is 0 Å². The van der Waals surface area contributed by atoms with E-state index in [1.165, 1.54) is 11.8 Å². The number of thioether (sulfide) groups is 1. The van der Waals surface area contributed by atoms with Crippen LogP contribution >= 0.6 is 23.4 Å². The Hall–Kier alpha value is -1.98. The minimum atomic E-state index is -0.317. The van der Waals surface area contributed by atoms with Crippen LogP contribution in [0, 0.1) is 6.92 Å². The van der Waals surface area contributed by atoms with Crippen molar-refractivity contribution in [2.24, 2.45) is 0 Å². The summed E-state index contributed by atoms with van der Waals surface area (Å²) in [7, 11) is 0. The molecular formula is C19H21ClN2O2S. The minimum Gasteiger partial charge on any atom is -0.351 e. The number of carbonyl (C=O) groups is 2. The maximum atomic E-state index is 12.1. The van der Waals surface area contributed by atoms with Gasteiger partial charge in [0.2, 0.25) is 11.8 Å². The third kappa shape index (κ3) is 6.80. The van der Waals surface area contributed by atoms with Crippen LogP contribution in [0.2, 0.25) is 5.02 Å². The van der Waals surface area contributed by atoms with Crippen molar-refractivity contribution in [2.45, 2.75) is 25.6 Å². The van der Waals surface area contributed by atoms with Gasteiger partial charge in [0.15, 0.2) is 0 Å². The molecule has 4 nitrogen and oxygen atoms in total. The van der Waals surface area contributed by atoms with Crippen molar-refractivity contribution in [3.63, 3.8) is 0 Å². The zero-order valence-corrected chi connectivity index (χ0v) is 15.8. The molecule has 25 heavy (non-hydrogen) atoms. The second-order valence-corrected chi connectivity index (χ2v) is 7.48. The van der Waals surface area contributed by atoms with Gasteiger partial charge >= 0.3 is 0 Å². The van der Waals surface area contributed by atoms with Crippen LogP contribution in [0.1, 0.15) is 18.1 Å². The van der Waals surface area contributed by atoms with Crippen LogP contribution < -0.4 is 10.6 Å². The Bertz CT molecular complexity index is 734. The number of benzene rings is 2. The Balaban J connectivity index is 1.73. The summed E-state index contributed by atoms with van der Waals surface area (Å²) >= 11 is 7.22. The fourth-order valence-electron chi connectivity index (χ4n) is 2.09. The first kappa shape index (κ1) is 19.3. The molecule has 2 aromatic carbocycles. The van der Waals surface area contributed by atoms with Gasteiger partial charge in [-0.1, -0.05) is 41.4 Å². The van der Waals surface area contributed by atoms with Gasteiger partial charge in [0.05, 0.1) is 11.0 Å². The molecule has 0 aliphatic rings. The van der Waals surface area contributed by atoms with Gasteiger partial charge in [-0.15, -0.1) is 11.8 Å². The lowest BCUT2D eigenvalue weighted by atomic mass is 10.2. The first-order valence-electron chi connectivity index (χ1n) is 7.94. The van der Waals surface area contributed by atoms with Gasteiger partial charge in [0.1, 0.15) is 0 Å². The predicted molar refractivity (Wildman–Crippen MR) is 105 cm³/mol. The summed E-state index contributed by atoms with van der Waals surface area (Å²) in [6.45, 7) is 4.20. The number of carbonyl (C=O) groups excluding carboxylic acids is 2. The Morgan fingerprint density at radius 1 is 1.16 bits per heavy atom. The quantitative estimate of drug-likeness (QED) is 0.767. The number of amides is 2. The third-order valence-corrected chi connectivity index (χ3v) is 4.90. The summed E-state index contributed by atoms with van der Waals surface area (Å²) in [6, 6.07) is 14.9. The van der Waals surface area contributed by atoms with Crippen LogP contribution in [0.25, 0.3) is 0 Å². The smallest absolute Gasteiger partial charge is 0.234 e. The largest absolute Gasteiger partial charge is 0.351 e. The Kier molecular flexibility index (Phi) is 7.34. The first-order chi connectivity index (χ1) is 11.9. The average molecular weight is 377 g/mol. The number of halogens is 1. The lowest BCUT2D eigenvalue weighted by Gasteiger charge is -2.12. The van der Waals surface area contributed by atoms with Crippen molar-refractivity contribution >= 4 is 40.9 Å². The van der Waals surface area contributed by atoms with E-state index in [2.05, 4.69) is 10.6 Å². The van der Waals surface area contributed by atoms with Crippen LogP contribution in [-0.4, -0.2) is 22.8 Å². The molecule has 0 aliphatic carbocycles. The Morgan fingerprint density at radius 2 is 1.88 bits per heavy atom. The molecule has 0 fully saturated rings. The second-order valence-electron chi connectivity index (χ2n) is 5.72. The molecule has 0 spiro atoms. The number of anilines is 1. The molecule has 0 aromatic heterocycles. The number of aryl methyl sites for hydroxylation is 1. The average Bonchev–Trinajstić information content (AvgIpc) is 2.59. The van der Waals surface area contributed by atoms with Crippen molar-refractivity contribution < 1.29 is 9.59 Å². The molecule has 0 unspecified atom stereocenters. The molecule has 2 amide bonds. The summed E-state index contributed by atoms with van der Waals surface area (Å²) in [4.78, 5) is 24.1. The number of hydrogen-bond donors (Lipinski definition) is 2. The van der Waals surface area contributed by atoms with E-state index >= 15 is 0 Å². The fraction of sp³-hybridized carbons (Fsp3) is 0.263. The van der Waals surface area contributed by atoms with E-state index < -0.39 is 0 Å². The lowest BCUT2D eigenvalue weighted by Crippen LogP contribution is -2.31. The van der Waals surface area contributed by atoms with Crippen LogP contribution in [0.5, 0.6) is 0 Å². The molecule has 2 aromatic rings. The van der Waals surface area contributed by atoms with E-state index in [9.17, 15) is 9.59 Å². The zero-order valence-electron chi connectivity index (χ0n) is 14.2. The summed E-state index contributed by atoms with van der Waals surface area (Å²) in [5, 5.41) is 6.00. The van der Waals surface area contributed by atoms with Crippen LogP contribution in [-0.2, 0) is 16.1 Å². The van der Waals surface area contributed by atoms with E-state index in [0.717, 1.165) is 16.8 Å². The summed E-state index contributed by atoms with van der Waals surface area (Å²) in [6.07, 6.45) is 0. The highest BCUT2D eigenvalue weighted by Crippen LogP contribution is 2.14. The Labute approximate surface area is 157 Å². The number of hydrogen-bond acceptors (Lipinski definition) is 3. The standard InChI is InChI=1S/C19H21ClN2O2S/c1-13-6-8-17(9-7-13)22-18(23)12-25-14(2)19(24)21-11-15-4-3-5-16(20)10-15/h3-10,14H,11-12H2,1-2H3,(H,21,24)(H,22,23)/t14-/m1/s1. The monoisotopic (exact) mass is 376 g/mol. The fourth-order valence-corrected chi connectivity index (χ4v) is 3.01. The predicted octanol–water partition coefficient (Wildman–Crippen LogP) is 4.03. The molecule has 0 bridgehead atoms. The van der Waals surface area contributed by atoms with Gasteiger partial charge in [-0.05, 0) is 43.7 Å². The first-order valence-corrected chi connectivity index (χ1v) is 9.37. The third-order valence-electron chi connectivity index (χ3n) is 3.52. The van der Waals surface area contributed by atoms with Crippen LogP contribution in [0.4, 0.5) is 5.69 Å². The summed E-state index contributed by atoms with van der Waals surface area (Å²) in [5.41, 5.74) is 2.83. The zero-order chi connectivity index (χ0) is 18.2. The van der Waals surface area contributed by atoms with Crippen molar-refractivity contribution in [3.05, 3.63) is 64.7 Å². The molecule has 0 radical (unpaired) electrons. The lowest BCUT2D eigenvalue weighted by molar-refractivity contribution is -0.120. The van der Waals surface area contributed by atoms with E-state index in [4.69, 9.17) is 11.6 Å². The highest BCUT2D eigenvalue weighted by atomic mass is 35.5. The summed E-state index contributed by atoms with van der Waals surface area (Å²) in [5.74, 6) is -0.00365. The molecule has 0 saturated carbocycles. The van der Waals surface area contributed by atoms with E-state index in [1.54, 1.807) is 13.0 Å². The minimum absolute atomic E-state index is 0.104. The van der Waals surface area contributed by atoms with Crippen molar-refractivity contribution in [2.75, 3.05) is 11.1 Å². The van der Waals surface area contributed by atoms with Crippen molar-refractivity contribution in [1.29, 1.82) is 0 Å². The van der Waals surface area contributed by atoms with Crippen LogP contribution in [0.3, 0.4) is 0 Å². The van der Waals surface area contributed by atoms with Gasteiger partial charge in [-0.25, -0.2) is 0 Å². The maximum absolute atomic E-state index is 12.1. The van der Waals surface area contributed by atoms with Crippen molar-refractivity contribution in [1.82, 2.24) is 5.32 Å². The topological polar surface area (TPSA) is 58.2 Å². The number of rotatable bonds is 7. The Morgan fingerprint density at radius 3 is 2.56 bits per heavy atom. The molecule has 6 heteroatoms. The molecule has 1 atom stereocenters. The van der Waals surface area contributed by atoms with E-state index in [-0.39, 0.29) is 22.8 Å². The van der Waals surface area contributed by atoms with Crippen LogP contribution in [0.15, 0.2) is 48.5 Å². The van der Waals surface area contributed by atoms with Gasteiger partial charge in [0, 0.05) is 17.3 Å². The highest BCUT2D eigenvalue weighted by Gasteiger charge is 2.15. The number of nitrogens with one attached hydrogen (secondary N) is 2. The molecule has 0 heterocycles. The molecule has 132 valence electrons. The van der Waals surface area contributed by atoms with Gasteiger partial charge in [-0.3, -0.25) is 9.59 Å². The maximum Gasteiger partial charge on any atom is 0.234 e. The van der Waals surface area contributed by atoms with Crippen molar-refractivity contribution in [3.8, 4) is 0 Å². The molecule has 0 saturated heterocycles. The summed E-state index contributed by atoms with van der Waals surface area (Å²) < 4.78 is 0. The molecule has 2 N–H and O–H groups in total. The van der Waals surface area contributed by atoms with Gasteiger partial charge in [-0.2, -0.15) is 0 Å². The molecule has 0 aliphatic heterocycles. The van der Waals surface area contributed by atoms with Gasteiger partial charge < -0.3 is 10.6 Å². The second kappa shape index (κ2) is 9.49. The normalized spacial score (nSPS) is 11.6.